The molecule has 9 heteroatoms. The normalized spacial score (nSPS) is 11.7. The van der Waals surface area contributed by atoms with Gasteiger partial charge in [0.1, 0.15) is 10.7 Å². The van der Waals surface area contributed by atoms with Crippen molar-refractivity contribution in [3.8, 4) is 0 Å². The molecule has 0 aliphatic carbocycles. The largest absolute Gasteiger partial charge is 0.398 e. The molecule has 1 aromatic heterocycles. The number of nitrogens with zero attached hydrogens (tertiary/aromatic N) is 2. The Bertz CT molecular complexity index is 696. The molecule has 0 spiro atoms. The van der Waals surface area contributed by atoms with Crippen molar-refractivity contribution >= 4 is 27.5 Å². The van der Waals surface area contributed by atoms with Crippen LogP contribution in [0, 0.1) is 6.92 Å². The Morgan fingerprint density at radius 1 is 1.42 bits per heavy atom. The number of aromatic amines is 1. The van der Waals surface area contributed by atoms with Gasteiger partial charge in [0.25, 0.3) is 0 Å². The second kappa shape index (κ2) is 5.19. The molecule has 0 atom stereocenters. The molecule has 0 fully saturated rings. The summed E-state index contributed by atoms with van der Waals surface area (Å²) in [5.74, 6) is 0.713. The van der Waals surface area contributed by atoms with E-state index in [4.69, 9.17) is 5.73 Å². The van der Waals surface area contributed by atoms with E-state index in [9.17, 15) is 8.42 Å². The molecule has 0 unspecified atom stereocenters. The molecule has 1 aromatic carbocycles. The zero-order valence-corrected chi connectivity index (χ0v) is 12.0. The van der Waals surface area contributed by atoms with E-state index in [1.165, 1.54) is 24.9 Å². The van der Waals surface area contributed by atoms with Gasteiger partial charge in [0.15, 0.2) is 0 Å². The summed E-state index contributed by atoms with van der Waals surface area (Å²) in [4.78, 5) is 4.98. The van der Waals surface area contributed by atoms with Crippen LogP contribution in [0.4, 0.5) is 5.69 Å². The Balaban J connectivity index is 2.29. The van der Waals surface area contributed by atoms with E-state index < -0.39 is 10.0 Å². The Morgan fingerprint density at radius 3 is 2.68 bits per heavy atom. The van der Waals surface area contributed by atoms with Crippen LogP contribution in [0.25, 0.3) is 0 Å². The van der Waals surface area contributed by atoms with Gasteiger partial charge in [-0.05, 0) is 43.9 Å². The number of benzene rings is 1. The number of aromatic nitrogens is 3. The molecule has 0 saturated carbocycles. The van der Waals surface area contributed by atoms with Crippen LogP contribution < -0.4 is 10.5 Å². The second-order valence-corrected chi connectivity index (χ2v) is 6.61. The third-order valence-electron chi connectivity index (χ3n) is 2.33. The molecule has 0 aliphatic heterocycles. The number of nitrogens with two attached hydrogens (primary N) is 1. The van der Waals surface area contributed by atoms with Crippen molar-refractivity contribution in [1.82, 2.24) is 19.9 Å². The fourth-order valence-corrected chi connectivity index (χ4v) is 3.06. The minimum Gasteiger partial charge on any atom is -0.398 e. The zero-order chi connectivity index (χ0) is 14.0. The van der Waals surface area contributed by atoms with E-state index >= 15 is 0 Å². The third kappa shape index (κ3) is 3.06. The van der Waals surface area contributed by atoms with Gasteiger partial charge in [-0.15, -0.1) is 5.10 Å². The van der Waals surface area contributed by atoms with E-state index in [2.05, 4.69) is 19.9 Å². The first-order valence-electron chi connectivity index (χ1n) is 5.32. The summed E-state index contributed by atoms with van der Waals surface area (Å²) in [5, 5.41) is 7.27. The fraction of sp³-hybridized carbons (Fsp3) is 0.200. The van der Waals surface area contributed by atoms with Gasteiger partial charge in [-0.2, -0.15) is 0 Å². The van der Waals surface area contributed by atoms with Crippen LogP contribution in [-0.2, 0) is 10.0 Å². The first-order valence-corrected chi connectivity index (χ1v) is 7.62. The zero-order valence-electron chi connectivity index (χ0n) is 10.3. The highest BCUT2D eigenvalue weighted by Crippen LogP contribution is 2.29. The number of aryl methyl sites for hydroxylation is 1. The van der Waals surface area contributed by atoms with Crippen molar-refractivity contribution in [3.63, 3.8) is 0 Å². The van der Waals surface area contributed by atoms with Crippen LogP contribution in [-0.4, -0.2) is 30.6 Å². The number of anilines is 1. The average molecular weight is 299 g/mol. The van der Waals surface area contributed by atoms with Gasteiger partial charge in [-0.25, -0.2) is 18.1 Å². The lowest BCUT2D eigenvalue weighted by atomic mass is 10.3. The Kier molecular flexibility index (Phi) is 3.78. The first kappa shape index (κ1) is 13.8. The maximum absolute atomic E-state index is 11.7. The van der Waals surface area contributed by atoms with E-state index in [-0.39, 0.29) is 10.6 Å². The minimum atomic E-state index is -3.54. The Morgan fingerprint density at radius 2 is 2.16 bits per heavy atom. The number of hydrogen-bond acceptors (Lipinski definition) is 6. The van der Waals surface area contributed by atoms with E-state index in [0.717, 1.165) is 4.90 Å². The van der Waals surface area contributed by atoms with Gasteiger partial charge in [-0.1, -0.05) is 0 Å². The number of H-pyrrole nitrogens is 1. The summed E-state index contributed by atoms with van der Waals surface area (Å²) >= 11 is 1.30. The number of nitrogens with one attached hydrogen (secondary N) is 2. The first-order chi connectivity index (χ1) is 8.92. The number of hydrogen-bond donors (Lipinski definition) is 3. The van der Waals surface area contributed by atoms with Crippen LogP contribution in [0.3, 0.4) is 0 Å². The van der Waals surface area contributed by atoms with Gasteiger partial charge in [0, 0.05) is 4.90 Å². The summed E-state index contributed by atoms with van der Waals surface area (Å²) < 4.78 is 25.6. The molecular weight excluding hydrogens is 286 g/mol. The monoisotopic (exact) mass is 299 g/mol. The standard InChI is InChI=1S/C10H13N5O2S2/c1-6-13-10(15-14-6)18-7-3-4-9(8(11)5-7)19(16,17)12-2/h3-5,12H,11H2,1-2H3,(H,13,14,15). The van der Waals surface area contributed by atoms with Crippen molar-refractivity contribution in [2.75, 3.05) is 12.8 Å². The maximum atomic E-state index is 11.7. The number of rotatable bonds is 4. The van der Waals surface area contributed by atoms with Crippen LogP contribution in [0.15, 0.2) is 33.1 Å². The van der Waals surface area contributed by atoms with Crippen molar-refractivity contribution in [2.45, 2.75) is 21.9 Å². The Labute approximate surface area is 115 Å². The summed E-state index contributed by atoms with van der Waals surface area (Å²) in [5.41, 5.74) is 5.95. The molecule has 102 valence electrons. The molecule has 7 nitrogen and oxygen atoms in total. The summed E-state index contributed by atoms with van der Waals surface area (Å²) in [6.07, 6.45) is 0. The van der Waals surface area contributed by atoms with Gasteiger partial charge in [0.2, 0.25) is 15.2 Å². The molecular formula is C10H13N5O2S2. The minimum absolute atomic E-state index is 0.0607. The van der Waals surface area contributed by atoms with Crippen LogP contribution in [0.1, 0.15) is 5.82 Å². The van der Waals surface area contributed by atoms with Crippen molar-refractivity contribution in [3.05, 3.63) is 24.0 Å². The summed E-state index contributed by atoms with van der Waals surface area (Å²) in [6, 6.07) is 4.71. The lowest BCUT2D eigenvalue weighted by molar-refractivity contribution is 0.588. The fourth-order valence-electron chi connectivity index (χ4n) is 1.42. The lowest BCUT2D eigenvalue weighted by Gasteiger charge is -2.07. The third-order valence-corrected chi connectivity index (χ3v) is 4.67. The predicted molar refractivity (Wildman–Crippen MR) is 72.3 cm³/mol. The second-order valence-electron chi connectivity index (χ2n) is 3.71. The van der Waals surface area contributed by atoms with Gasteiger partial charge in [0.05, 0.1) is 5.69 Å². The van der Waals surface area contributed by atoms with Crippen LogP contribution in [0.2, 0.25) is 0 Å². The summed E-state index contributed by atoms with van der Waals surface area (Å²) in [7, 11) is -2.19. The lowest BCUT2D eigenvalue weighted by Crippen LogP contribution is -2.19. The van der Waals surface area contributed by atoms with E-state index in [1.807, 2.05) is 0 Å². The molecule has 0 bridgehead atoms. The highest BCUT2D eigenvalue weighted by Gasteiger charge is 2.15. The topological polar surface area (TPSA) is 114 Å². The maximum Gasteiger partial charge on any atom is 0.242 e. The van der Waals surface area contributed by atoms with Crippen molar-refractivity contribution in [1.29, 1.82) is 0 Å². The molecule has 0 aliphatic rings. The number of sulfonamides is 1. The molecule has 0 saturated heterocycles. The highest BCUT2D eigenvalue weighted by atomic mass is 32.2. The molecule has 0 radical (unpaired) electrons. The molecule has 4 N–H and O–H groups in total. The molecule has 0 amide bonds. The van der Waals surface area contributed by atoms with Crippen LogP contribution in [0.5, 0.6) is 0 Å². The SMILES string of the molecule is CNS(=O)(=O)c1ccc(Sc2n[nH]c(C)n2)cc1N. The number of nitrogen functional groups attached to an aromatic ring is 1. The van der Waals surface area contributed by atoms with Crippen molar-refractivity contribution in [2.24, 2.45) is 0 Å². The van der Waals surface area contributed by atoms with Gasteiger partial charge >= 0.3 is 0 Å². The smallest absolute Gasteiger partial charge is 0.242 e. The molecule has 1 heterocycles. The quantitative estimate of drug-likeness (QED) is 0.718. The molecule has 2 rings (SSSR count). The van der Waals surface area contributed by atoms with Gasteiger partial charge < -0.3 is 5.73 Å². The highest BCUT2D eigenvalue weighted by molar-refractivity contribution is 7.99. The average Bonchev–Trinajstić information content (AvgIpc) is 2.74. The summed E-state index contributed by atoms with van der Waals surface area (Å²) in [6.45, 7) is 1.80. The molecule has 2 aromatic rings. The molecule has 19 heavy (non-hydrogen) atoms. The van der Waals surface area contributed by atoms with Crippen molar-refractivity contribution < 1.29 is 8.42 Å². The predicted octanol–water partition coefficient (Wildman–Crippen LogP) is 0.755. The Hall–Kier alpha value is -1.58. The van der Waals surface area contributed by atoms with Gasteiger partial charge in [-0.3, -0.25) is 5.10 Å². The van der Waals surface area contributed by atoms with Crippen LogP contribution >= 0.6 is 11.8 Å². The van der Waals surface area contributed by atoms with E-state index in [1.54, 1.807) is 19.1 Å². The van der Waals surface area contributed by atoms with E-state index in [0.29, 0.717) is 11.0 Å².